The second kappa shape index (κ2) is 12.2. The van der Waals surface area contributed by atoms with E-state index in [1.54, 1.807) is 25.2 Å². The van der Waals surface area contributed by atoms with Gasteiger partial charge in [0, 0.05) is 38.1 Å². The van der Waals surface area contributed by atoms with E-state index in [9.17, 15) is 22.8 Å². The van der Waals surface area contributed by atoms with Crippen molar-refractivity contribution < 1.29 is 22.8 Å². The van der Waals surface area contributed by atoms with Crippen molar-refractivity contribution in [3.05, 3.63) is 82.6 Å². The summed E-state index contributed by atoms with van der Waals surface area (Å²) in [7, 11) is -2.22. The highest BCUT2D eigenvalue weighted by Crippen LogP contribution is 2.27. The molecule has 1 aliphatic rings. The smallest absolute Gasteiger partial charge is 0.274 e. The van der Waals surface area contributed by atoms with Gasteiger partial charge >= 0.3 is 0 Å². The number of aryl methyl sites for hydroxylation is 1. The lowest BCUT2D eigenvalue weighted by atomic mass is 10.1. The van der Waals surface area contributed by atoms with Crippen molar-refractivity contribution in [1.29, 1.82) is 0 Å². The number of halogens is 2. The second-order valence-electron chi connectivity index (χ2n) is 8.99. The van der Waals surface area contributed by atoms with E-state index in [-0.39, 0.29) is 51.0 Å². The van der Waals surface area contributed by atoms with E-state index < -0.39 is 27.7 Å². The molecule has 14 heteroatoms. The molecule has 0 unspecified atom stereocenters. The zero-order chi connectivity index (χ0) is 29.0. The molecule has 1 aliphatic heterocycles. The number of aromatic nitrogens is 2. The lowest BCUT2D eigenvalue weighted by Crippen LogP contribution is -2.46. The summed E-state index contributed by atoms with van der Waals surface area (Å²) in [5.41, 5.74) is 0.573. The molecule has 4 rings (SSSR count). The minimum atomic E-state index is -3.82. The molecule has 1 aromatic heterocycles. The number of amides is 3. The van der Waals surface area contributed by atoms with Crippen LogP contribution >= 0.6 is 23.2 Å². The fourth-order valence-electron chi connectivity index (χ4n) is 4.22. The summed E-state index contributed by atoms with van der Waals surface area (Å²) in [6.07, 6.45) is 3.30. The SMILES string of the molecule is C=CC(=O)Nc1cccc(S(=O)(=O)N2CCC(NC(=O)c3nn(C)cc3NC(=O)c3c(Cl)cccc3Cl)CC2)c1. The lowest BCUT2D eigenvalue weighted by molar-refractivity contribution is -0.111. The average Bonchev–Trinajstić information content (AvgIpc) is 3.28. The third-order valence-corrected chi connectivity index (χ3v) is 8.72. The van der Waals surface area contributed by atoms with E-state index in [2.05, 4.69) is 27.6 Å². The number of hydrogen-bond acceptors (Lipinski definition) is 6. The van der Waals surface area contributed by atoms with Gasteiger partial charge in [0.15, 0.2) is 5.69 Å². The molecule has 0 saturated carbocycles. The van der Waals surface area contributed by atoms with Crippen LogP contribution < -0.4 is 16.0 Å². The molecule has 1 fully saturated rings. The Morgan fingerprint density at radius 2 is 1.68 bits per heavy atom. The third-order valence-electron chi connectivity index (χ3n) is 6.20. The molecule has 11 nitrogen and oxygen atoms in total. The first-order valence-electron chi connectivity index (χ1n) is 12.1. The van der Waals surface area contributed by atoms with Crippen LogP contribution in [-0.4, -0.2) is 59.4 Å². The van der Waals surface area contributed by atoms with Crippen LogP contribution in [0.1, 0.15) is 33.7 Å². The first-order chi connectivity index (χ1) is 19.0. The Morgan fingerprint density at radius 1 is 1.02 bits per heavy atom. The van der Waals surface area contributed by atoms with Crippen molar-refractivity contribution in [2.45, 2.75) is 23.8 Å². The predicted octanol–water partition coefficient (Wildman–Crippen LogP) is 3.69. The third kappa shape index (κ3) is 6.53. The van der Waals surface area contributed by atoms with Crippen molar-refractivity contribution in [3.63, 3.8) is 0 Å². The predicted molar refractivity (Wildman–Crippen MR) is 152 cm³/mol. The maximum absolute atomic E-state index is 13.2. The topological polar surface area (TPSA) is 142 Å². The number of anilines is 2. The van der Waals surface area contributed by atoms with Gasteiger partial charge in [0.2, 0.25) is 15.9 Å². The Hall–Kier alpha value is -3.71. The molecule has 40 heavy (non-hydrogen) atoms. The summed E-state index contributed by atoms with van der Waals surface area (Å²) < 4.78 is 29.1. The van der Waals surface area contributed by atoms with E-state index in [0.29, 0.717) is 18.5 Å². The van der Waals surface area contributed by atoms with Crippen molar-refractivity contribution in [2.24, 2.45) is 7.05 Å². The van der Waals surface area contributed by atoms with Gasteiger partial charge < -0.3 is 16.0 Å². The molecule has 0 atom stereocenters. The van der Waals surface area contributed by atoms with Gasteiger partial charge in [-0.1, -0.05) is 41.9 Å². The Labute approximate surface area is 241 Å². The molecule has 0 spiro atoms. The molecule has 0 radical (unpaired) electrons. The van der Waals surface area contributed by atoms with Crippen molar-refractivity contribution >= 4 is 62.3 Å². The minimum absolute atomic E-state index is 0.00698. The van der Waals surface area contributed by atoms with Crippen LogP contribution in [0.2, 0.25) is 10.0 Å². The van der Waals surface area contributed by atoms with E-state index in [4.69, 9.17) is 23.2 Å². The molecular weight excluding hydrogens is 579 g/mol. The molecule has 2 heterocycles. The number of nitrogens with zero attached hydrogens (tertiary/aromatic N) is 3. The molecule has 0 bridgehead atoms. The number of carbonyl (C=O) groups excluding carboxylic acids is 3. The van der Waals surface area contributed by atoms with Gasteiger partial charge in [0.05, 0.1) is 26.2 Å². The summed E-state index contributed by atoms with van der Waals surface area (Å²) >= 11 is 12.3. The van der Waals surface area contributed by atoms with Crippen LogP contribution in [0.25, 0.3) is 0 Å². The fraction of sp³-hybridized carbons (Fsp3) is 0.231. The van der Waals surface area contributed by atoms with Crippen molar-refractivity contribution in [3.8, 4) is 0 Å². The second-order valence-corrected chi connectivity index (χ2v) is 11.7. The maximum Gasteiger partial charge on any atom is 0.274 e. The molecule has 3 N–H and O–H groups in total. The first kappa shape index (κ1) is 29.3. The highest BCUT2D eigenvalue weighted by atomic mass is 35.5. The highest BCUT2D eigenvalue weighted by molar-refractivity contribution is 7.89. The van der Waals surface area contributed by atoms with Crippen LogP contribution in [0.15, 0.2) is 66.2 Å². The number of carbonyl (C=O) groups is 3. The summed E-state index contributed by atoms with van der Waals surface area (Å²) in [5, 5.41) is 12.6. The van der Waals surface area contributed by atoms with Gasteiger partial charge in [-0.05, 0) is 49.2 Å². The van der Waals surface area contributed by atoms with Gasteiger partial charge in [0.1, 0.15) is 0 Å². The molecule has 3 aromatic rings. The van der Waals surface area contributed by atoms with Crippen LogP contribution in [0.4, 0.5) is 11.4 Å². The number of benzene rings is 2. The Balaban J connectivity index is 1.40. The highest BCUT2D eigenvalue weighted by Gasteiger charge is 2.31. The first-order valence-corrected chi connectivity index (χ1v) is 14.3. The molecule has 0 aliphatic carbocycles. The maximum atomic E-state index is 13.2. The summed E-state index contributed by atoms with van der Waals surface area (Å²) in [6.45, 7) is 3.73. The van der Waals surface area contributed by atoms with Crippen molar-refractivity contribution in [1.82, 2.24) is 19.4 Å². The summed E-state index contributed by atoms with van der Waals surface area (Å²) in [6, 6.07) is 10.3. The number of hydrogen-bond donors (Lipinski definition) is 3. The van der Waals surface area contributed by atoms with Gasteiger partial charge in [-0.25, -0.2) is 8.42 Å². The largest absolute Gasteiger partial charge is 0.348 e. The zero-order valence-corrected chi connectivity index (χ0v) is 23.7. The normalized spacial score (nSPS) is 14.4. The van der Waals surface area contributed by atoms with Crippen molar-refractivity contribution in [2.75, 3.05) is 23.7 Å². The van der Waals surface area contributed by atoms with Crippen LogP contribution in [0.3, 0.4) is 0 Å². The minimum Gasteiger partial charge on any atom is -0.348 e. The molecule has 210 valence electrons. The van der Waals surface area contributed by atoms with Crippen LogP contribution in [0, 0.1) is 0 Å². The monoisotopic (exact) mass is 604 g/mol. The molecule has 3 amide bonds. The molecular formula is C26H26Cl2N6O5S. The van der Waals surface area contributed by atoms with E-state index >= 15 is 0 Å². The quantitative estimate of drug-likeness (QED) is 0.335. The Kier molecular flexibility index (Phi) is 8.94. The van der Waals surface area contributed by atoms with E-state index in [1.807, 2.05) is 0 Å². The Bertz CT molecular complexity index is 1560. The standard InChI is InChI=1S/C26H26Cl2N6O5S/c1-3-22(35)29-17-6-4-7-18(14-17)40(38,39)34-12-10-16(11-13-34)30-26(37)24-21(15-33(2)32-24)31-25(36)23-19(27)8-5-9-20(23)28/h3-9,14-16H,1,10-13H2,2H3,(H,29,35)(H,30,37)(H,31,36). The number of rotatable bonds is 8. The number of sulfonamides is 1. The van der Waals surface area contributed by atoms with Gasteiger partial charge in [-0.3, -0.25) is 19.1 Å². The van der Waals surface area contributed by atoms with Crippen LogP contribution in [-0.2, 0) is 21.9 Å². The zero-order valence-electron chi connectivity index (χ0n) is 21.4. The summed E-state index contributed by atoms with van der Waals surface area (Å²) in [5.74, 6) is -1.56. The molecule has 2 aromatic carbocycles. The Morgan fingerprint density at radius 3 is 2.33 bits per heavy atom. The molecule has 1 saturated heterocycles. The van der Waals surface area contributed by atoms with E-state index in [1.165, 1.54) is 39.4 Å². The number of nitrogens with one attached hydrogen (secondary N) is 3. The van der Waals surface area contributed by atoms with Gasteiger partial charge in [-0.15, -0.1) is 0 Å². The van der Waals surface area contributed by atoms with E-state index in [0.717, 1.165) is 6.08 Å². The van der Waals surface area contributed by atoms with Crippen LogP contribution in [0.5, 0.6) is 0 Å². The number of piperidine rings is 1. The van der Waals surface area contributed by atoms with Gasteiger partial charge in [0.25, 0.3) is 11.8 Å². The summed E-state index contributed by atoms with van der Waals surface area (Å²) in [4.78, 5) is 37.5. The lowest BCUT2D eigenvalue weighted by Gasteiger charge is -2.31. The fourth-order valence-corrected chi connectivity index (χ4v) is 6.30. The average molecular weight is 606 g/mol. The van der Waals surface area contributed by atoms with Gasteiger partial charge in [-0.2, -0.15) is 9.40 Å².